The molecule has 0 saturated carbocycles. The van der Waals surface area contributed by atoms with Crippen molar-refractivity contribution in [1.82, 2.24) is 4.98 Å². The molecule has 5 heteroatoms. The Kier molecular flexibility index (Phi) is 14.1. The third-order valence-electron chi connectivity index (χ3n) is 10.3. The molecule has 0 fully saturated rings. The van der Waals surface area contributed by atoms with Crippen molar-refractivity contribution in [3.8, 4) is 11.3 Å². The number of nitrogens with zero attached hydrogens (tertiary/aromatic N) is 1. The van der Waals surface area contributed by atoms with Crippen molar-refractivity contribution in [3.05, 3.63) is 76.0 Å². The van der Waals surface area contributed by atoms with Crippen molar-refractivity contribution in [2.45, 2.75) is 134 Å². The van der Waals surface area contributed by atoms with Crippen LogP contribution in [0.15, 0.2) is 47.7 Å². The van der Waals surface area contributed by atoms with Gasteiger partial charge >= 0.3 is 0 Å². The van der Waals surface area contributed by atoms with E-state index in [0.29, 0.717) is 0 Å². The van der Waals surface area contributed by atoms with E-state index in [0.717, 1.165) is 48.9 Å². The maximum Gasteiger partial charge on any atom is 0.164 e. The van der Waals surface area contributed by atoms with Crippen LogP contribution < -0.4 is 0 Å². The topological polar surface area (TPSA) is 50.2 Å². The Labute approximate surface area is 309 Å². The molecular weight excluding hydrogens is 787 g/mol. The summed E-state index contributed by atoms with van der Waals surface area (Å²) in [5.74, 6) is 0.286. The Morgan fingerprint density at radius 3 is 1.98 bits per heavy atom. The summed E-state index contributed by atoms with van der Waals surface area (Å²) in [5.41, 5.74) is 7.21. The number of pyridine rings is 1. The van der Waals surface area contributed by atoms with Gasteiger partial charge in [0.05, 0.1) is 0 Å². The van der Waals surface area contributed by atoms with Gasteiger partial charge in [0, 0.05) is 47.9 Å². The SMILES string of the molecule is CCC(C)(CC)C(=O)/C=C(\O)C(C)(CC)CC.Cc1[c-]c(-c2nccc3c2cc(C)c2c(CC(C)(C)C)csc23)cc(C(C)(C)C)c1.[Ir]. The maximum absolute atomic E-state index is 12.2. The quantitative estimate of drug-likeness (QED) is 0.104. The molecule has 0 atom stereocenters. The Bertz CT molecular complexity index is 1740. The number of hydrogen-bond donors (Lipinski definition) is 1. The molecule has 0 unspecified atom stereocenters. The summed E-state index contributed by atoms with van der Waals surface area (Å²) >= 11 is 1.87. The number of hydrogen-bond acceptors (Lipinski definition) is 4. The first-order chi connectivity index (χ1) is 21.7. The molecule has 4 rings (SSSR count). The Hall–Kier alpha value is -2.33. The number of aliphatic hydroxyl groups excluding tert-OH is 1. The summed E-state index contributed by atoms with van der Waals surface area (Å²) < 4.78 is 1.39. The fourth-order valence-electron chi connectivity index (χ4n) is 6.01. The molecule has 2 heterocycles. The fraction of sp³-hybridized carbons (Fsp3) is 0.535. The van der Waals surface area contributed by atoms with E-state index in [2.05, 4.69) is 91.1 Å². The van der Waals surface area contributed by atoms with E-state index in [9.17, 15) is 9.90 Å². The van der Waals surface area contributed by atoms with Crippen LogP contribution in [0.5, 0.6) is 0 Å². The second-order valence-corrected chi connectivity index (χ2v) is 17.2. The second-order valence-electron chi connectivity index (χ2n) is 16.3. The van der Waals surface area contributed by atoms with Gasteiger partial charge in [0.2, 0.25) is 0 Å². The standard InChI is InChI=1S/C28H32NS.C15H28O2.Ir/c1-17-11-19(14-21(12-17)28(6,7)8)25-23-13-18(2)24-20(15-27(3,4)5)16-30-26(24)22(23)9-10-29-25;1-7-14(5,8-2)12(16)11-13(17)15(6,9-3)10-4;/h9-10,12-14,16H,15H2,1-8H3;11,16H,7-10H2,1-6H3;/q-1;;/b;12-11-;. The zero-order valence-corrected chi connectivity index (χ0v) is 35.3. The summed E-state index contributed by atoms with van der Waals surface area (Å²) in [4.78, 5) is 17.0. The van der Waals surface area contributed by atoms with Crippen LogP contribution in [0.2, 0.25) is 0 Å². The van der Waals surface area contributed by atoms with Crippen LogP contribution in [0.25, 0.3) is 32.1 Å². The molecule has 0 aliphatic carbocycles. The van der Waals surface area contributed by atoms with Gasteiger partial charge in [0.15, 0.2) is 5.78 Å². The van der Waals surface area contributed by atoms with Crippen LogP contribution in [0.4, 0.5) is 0 Å². The number of benzene rings is 2. The number of aryl methyl sites for hydroxylation is 2. The Morgan fingerprint density at radius 2 is 1.46 bits per heavy atom. The molecule has 0 spiro atoms. The van der Waals surface area contributed by atoms with Gasteiger partial charge in [-0.05, 0) is 94.3 Å². The molecule has 2 aromatic carbocycles. The van der Waals surface area contributed by atoms with Crippen molar-refractivity contribution >= 4 is 38.0 Å². The summed E-state index contributed by atoms with van der Waals surface area (Å²) in [7, 11) is 0. The van der Waals surface area contributed by atoms with Gasteiger partial charge in [-0.3, -0.25) is 4.79 Å². The summed E-state index contributed by atoms with van der Waals surface area (Å²) in [6.07, 6.45) is 7.81. The monoisotopic (exact) mass is 847 g/mol. The molecule has 0 aliphatic rings. The van der Waals surface area contributed by atoms with Crippen molar-refractivity contribution in [2.24, 2.45) is 16.2 Å². The van der Waals surface area contributed by atoms with Crippen molar-refractivity contribution in [2.75, 3.05) is 0 Å². The van der Waals surface area contributed by atoms with Gasteiger partial charge in [0.25, 0.3) is 0 Å². The largest absolute Gasteiger partial charge is 0.512 e. The van der Waals surface area contributed by atoms with E-state index in [-0.39, 0.29) is 53.3 Å². The van der Waals surface area contributed by atoms with Crippen LogP contribution in [0.1, 0.15) is 131 Å². The number of thiophene rings is 1. The van der Waals surface area contributed by atoms with Crippen molar-refractivity contribution < 1.29 is 30.0 Å². The molecular formula is C43H60IrNO2S-. The van der Waals surface area contributed by atoms with E-state index >= 15 is 0 Å². The number of aromatic nitrogens is 1. The van der Waals surface area contributed by atoms with E-state index in [1.54, 1.807) is 0 Å². The molecule has 3 nitrogen and oxygen atoms in total. The van der Waals surface area contributed by atoms with Crippen molar-refractivity contribution in [1.29, 1.82) is 0 Å². The predicted octanol–water partition coefficient (Wildman–Crippen LogP) is 13.1. The first-order valence-corrected chi connectivity index (χ1v) is 18.4. The zero-order valence-electron chi connectivity index (χ0n) is 32.1. The molecule has 2 aromatic heterocycles. The molecule has 0 amide bonds. The summed E-state index contributed by atoms with van der Waals surface area (Å²) in [6.45, 7) is 30.2. The Morgan fingerprint density at radius 1 is 0.875 bits per heavy atom. The fourth-order valence-corrected chi connectivity index (χ4v) is 7.18. The van der Waals surface area contributed by atoms with E-state index < -0.39 is 0 Å². The molecule has 48 heavy (non-hydrogen) atoms. The Balaban J connectivity index is 0.000000384. The number of carbonyl (C=O) groups is 1. The molecule has 4 aromatic rings. The first kappa shape index (κ1) is 41.8. The van der Waals surface area contributed by atoms with Crippen LogP contribution in [-0.4, -0.2) is 15.9 Å². The minimum atomic E-state index is -0.337. The zero-order chi connectivity index (χ0) is 35.5. The van der Waals surface area contributed by atoms with Crippen molar-refractivity contribution in [3.63, 3.8) is 0 Å². The molecule has 0 bridgehead atoms. The van der Waals surface area contributed by atoms with Gasteiger partial charge in [-0.2, -0.15) is 0 Å². The van der Waals surface area contributed by atoms with E-state index in [1.807, 2.05) is 59.1 Å². The number of rotatable bonds is 9. The minimum absolute atomic E-state index is 0. The number of allylic oxidation sites excluding steroid dienone is 2. The first-order valence-electron chi connectivity index (χ1n) is 17.5. The van der Waals surface area contributed by atoms with Gasteiger partial charge in [0.1, 0.15) is 5.76 Å². The van der Waals surface area contributed by atoms with Gasteiger partial charge < -0.3 is 10.1 Å². The van der Waals surface area contributed by atoms with Crippen LogP contribution >= 0.6 is 11.3 Å². The molecule has 1 N–H and O–H groups in total. The van der Waals surface area contributed by atoms with Gasteiger partial charge in [-0.1, -0.05) is 96.1 Å². The van der Waals surface area contributed by atoms with Crippen LogP contribution in [-0.2, 0) is 36.7 Å². The van der Waals surface area contributed by atoms with Gasteiger partial charge in [-0.25, -0.2) is 0 Å². The van der Waals surface area contributed by atoms with Crippen LogP contribution in [0.3, 0.4) is 0 Å². The number of aliphatic hydroxyl groups is 1. The smallest absolute Gasteiger partial charge is 0.164 e. The number of ketones is 1. The molecule has 0 aliphatic heterocycles. The number of fused-ring (bicyclic) bond motifs is 3. The average molecular weight is 847 g/mol. The average Bonchev–Trinajstić information content (AvgIpc) is 3.42. The summed E-state index contributed by atoms with van der Waals surface area (Å²) in [5, 5.41) is 16.5. The molecule has 0 saturated heterocycles. The second kappa shape index (κ2) is 16.1. The number of carbonyl (C=O) groups excluding carboxylic acids is 1. The minimum Gasteiger partial charge on any atom is -0.512 e. The van der Waals surface area contributed by atoms with E-state index in [1.165, 1.54) is 43.6 Å². The van der Waals surface area contributed by atoms with Crippen LogP contribution in [0, 0.1) is 36.2 Å². The van der Waals surface area contributed by atoms with E-state index in [4.69, 9.17) is 4.98 Å². The third kappa shape index (κ3) is 9.46. The normalized spacial score (nSPS) is 12.9. The predicted molar refractivity (Wildman–Crippen MR) is 206 cm³/mol. The van der Waals surface area contributed by atoms with Gasteiger partial charge in [-0.15, -0.1) is 46.2 Å². The third-order valence-corrected chi connectivity index (χ3v) is 11.4. The molecule has 1 radical (unpaired) electrons. The molecule has 265 valence electrons. The maximum atomic E-state index is 12.2. The summed E-state index contributed by atoms with van der Waals surface area (Å²) in [6, 6.07) is 12.6.